The van der Waals surface area contributed by atoms with E-state index in [1.807, 2.05) is 12.3 Å². The molecule has 2 fully saturated rings. The molecule has 0 aliphatic heterocycles. The summed E-state index contributed by atoms with van der Waals surface area (Å²) in [6.45, 7) is 0. The highest BCUT2D eigenvalue weighted by atomic mass is 14.8. The Kier molecular flexibility index (Phi) is 1.16. The van der Waals surface area contributed by atoms with Crippen LogP contribution >= 0.6 is 0 Å². The molecule has 0 N–H and O–H groups in total. The summed E-state index contributed by atoms with van der Waals surface area (Å²) < 4.78 is 0. The van der Waals surface area contributed by atoms with E-state index in [0.717, 1.165) is 5.92 Å². The molecule has 0 bridgehead atoms. The normalized spacial score (nSPS) is 37.8. The fourth-order valence-corrected chi connectivity index (χ4v) is 2.83. The van der Waals surface area contributed by atoms with Crippen LogP contribution in [-0.4, -0.2) is 4.98 Å². The fourth-order valence-electron chi connectivity index (χ4n) is 2.83. The third-order valence-electron chi connectivity index (χ3n) is 3.58. The number of fused-ring (bicyclic) bond motifs is 1. The van der Waals surface area contributed by atoms with Crippen LogP contribution in [0, 0.1) is 5.92 Å². The number of nitrogens with zero attached hydrogens (tertiary/aromatic N) is 1. The van der Waals surface area contributed by atoms with E-state index >= 15 is 0 Å². The molecule has 3 rings (SSSR count). The molecular formula is C11H13N. The average Bonchev–Trinajstić information content (AvgIpc) is 2.72. The molecule has 0 aromatic carbocycles. The molecule has 2 unspecified atom stereocenters. The average molecular weight is 159 g/mol. The van der Waals surface area contributed by atoms with Crippen LogP contribution in [0.1, 0.15) is 31.4 Å². The van der Waals surface area contributed by atoms with E-state index in [1.165, 1.54) is 31.4 Å². The molecule has 62 valence electrons. The van der Waals surface area contributed by atoms with Gasteiger partial charge in [0, 0.05) is 17.3 Å². The molecule has 2 aliphatic carbocycles. The van der Waals surface area contributed by atoms with E-state index in [9.17, 15) is 0 Å². The maximum Gasteiger partial charge on any atom is 0.0468 e. The number of hydrogen-bond acceptors (Lipinski definition) is 1. The summed E-state index contributed by atoms with van der Waals surface area (Å²) in [4.78, 5) is 4.47. The van der Waals surface area contributed by atoms with Crippen molar-refractivity contribution in [2.45, 2.75) is 31.1 Å². The second-order valence-corrected chi connectivity index (χ2v) is 4.16. The molecule has 0 saturated heterocycles. The smallest absolute Gasteiger partial charge is 0.0468 e. The fraction of sp³-hybridized carbons (Fsp3) is 0.545. The molecule has 1 heteroatoms. The van der Waals surface area contributed by atoms with Gasteiger partial charge in [0.2, 0.25) is 0 Å². The predicted molar refractivity (Wildman–Crippen MR) is 47.9 cm³/mol. The van der Waals surface area contributed by atoms with Gasteiger partial charge >= 0.3 is 0 Å². The molecule has 0 radical (unpaired) electrons. The van der Waals surface area contributed by atoms with Crippen molar-refractivity contribution in [1.82, 2.24) is 4.98 Å². The van der Waals surface area contributed by atoms with Gasteiger partial charge in [-0.25, -0.2) is 0 Å². The van der Waals surface area contributed by atoms with Gasteiger partial charge in [0.25, 0.3) is 0 Å². The first-order chi connectivity index (χ1) is 5.92. The Morgan fingerprint density at radius 1 is 1.42 bits per heavy atom. The van der Waals surface area contributed by atoms with E-state index < -0.39 is 0 Å². The molecule has 0 amide bonds. The van der Waals surface area contributed by atoms with Gasteiger partial charge in [0.15, 0.2) is 0 Å². The molecule has 1 aromatic heterocycles. The van der Waals surface area contributed by atoms with Gasteiger partial charge < -0.3 is 0 Å². The molecule has 2 atom stereocenters. The summed E-state index contributed by atoms with van der Waals surface area (Å²) in [6, 6.07) is 6.32. The van der Waals surface area contributed by atoms with E-state index in [1.54, 1.807) is 0 Å². The van der Waals surface area contributed by atoms with E-state index in [4.69, 9.17) is 0 Å². The Morgan fingerprint density at radius 3 is 3.00 bits per heavy atom. The van der Waals surface area contributed by atoms with E-state index in [0.29, 0.717) is 5.41 Å². The lowest BCUT2D eigenvalue weighted by molar-refractivity contribution is 0.636. The number of pyridine rings is 1. The van der Waals surface area contributed by atoms with Crippen LogP contribution in [0.2, 0.25) is 0 Å². The minimum atomic E-state index is 0.543. The summed E-state index contributed by atoms with van der Waals surface area (Å²) >= 11 is 0. The largest absolute Gasteiger partial charge is 0.261 e. The molecule has 2 saturated carbocycles. The first-order valence-corrected chi connectivity index (χ1v) is 4.83. The molecule has 0 spiro atoms. The lowest BCUT2D eigenvalue weighted by atomic mass is 9.99. The van der Waals surface area contributed by atoms with Crippen molar-refractivity contribution < 1.29 is 0 Å². The molecule has 12 heavy (non-hydrogen) atoms. The highest BCUT2D eigenvalue weighted by molar-refractivity contribution is 5.29. The highest BCUT2D eigenvalue weighted by Gasteiger charge is 2.58. The Morgan fingerprint density at radius 2 is 2.42 bits per heavy atom. The van der Waals surface area contributed by atoms with E-state index in [-0.39, 0.29) is 0 Å². The third-order valence-corrected chi connectivity index (χ3v) is 3.58. The SMILES string of the molecule is c1ccc(C23CCCC2C3)nc1. The third kappa shape index (κ3) is 0.715. The highest BCUT2D eigenvalue weighted by Crippen LogP contribution is 2.63. The van der Waals surface area contributed by atoms with Crippen LogP contribution in [0.3, 0.4) is 0 Å². The summed E-state index contributed by atoms with van der Waals surface area (Å²) in [5.41, 5.74) is 1.90. The molecule has 1 aromatic rings. The van der Waals surface area contributed by atoms with Crippen molar-refractivity contribution in [3.63, 3.8) is 0 Å². The van der Waals surface area contributed by atoms with Gasteiger partial charge in [-0.05, 0) is 37.3 Å². The predicted octanol–water partition coefficient (Wildman–Crippen LogP) is 2.52. The minimum Gasteiger partial charge on any atom is -0.261 e. The van der Waals surface area contributed by atoms with Gasteiger partial charge in [-0.15, -0.1) is 0 Å². The van der Waals surface area contributed by atoms with Crippen LogP contribution in [-0.2, 0) is 5.41 Å². The number of hydrogen-bond donors (Lipinski definition) is 0. The monoisotopic (exact) mass is 159 g/mol. The van der Waals surface area contributed by atoms with Crippen molar-refractivity contribution in [1.29, 1.82) is 0 Å². The standard InChI is InChI=1S/C11H13N/c1-2-7-12-10(5-1)11-6-3-4-9(11)8-11/h1-2,5,7,9H,3-4,6,8H2. The molecule has 1 nitrogen and oxygen atoms in total. The molecule has 2 aliphatic rings. The first kappa shape index (κ1) is 6.64. The Balaban J connectivity index is 2.00. The van der Waals surface area contributed by atoms with Crippen molar-refractivity contribution in [3.05, 3.63) is 30.1 Å². The van der Waals surface area contributed by atoms with Gasteiger partial charge in [-0.3, -0.25) is 4.98 Å². The molecule has 1 heterocycles. The van der Waals surface area contributed by atoms with Gasteiger partial charge in [-0.2, -0.15) is 0 Å². The lowest BCUT2D eigenvalue weighted by Gasteiger charge is -2.09. The van der Waals surface area contributed by atoms with Crippen molar-refractivity contribution >= 4 is 0 Å². The zero-order valence-electron chi connectivity index (χ0n) is 7.16. The zero-order valence-corrected chi connectivity index (χ0v) is 7.16. The quantitative estimate of drug-likeness (QED) is 0.613. The number of aromatic nitrogens is 1. The van der Waals surface area contributed by atoms with Crippen molar-refractivity contribution in [2.75, 3.05) is 0 Å². The summed E-state index contributed by atoms with van der Waals surface area (Å²) in [7, 11) is 0. The second-order valence-electron chi connectivity index (χ2n) is 4.16. The van der Waals surface area contributed by atoms with Gasteiger partial charge in [-0.1, -0.05) is 12.5 Å². The zero-order chi connectivity index (χ0) is 8.02. The number of rotatable bonds is 1. The van der Waals surface area contributed by atoms with Crippen LogP contribution in [0.5, 0.6) is 0 Å². The lowest BCUT2D eigenvalue weighted by Crippen LogP contribution is -2.06. The van der Waals surface area contributed by atoms with Crippen molar-refractivity contribution in [2.24, 2.45) is 5.92 Å². The van der Waals surface area contributed by atoms with Crippen LogP contribution in [0.25, 0.3) is 0 Å². The Labute approximate surface area is 72.8 Å². The Bertz CT molecular complexity index is 293. The van der Waals surface area contributed by atoms with Crippen LogP contribution in [0.4, 0.5) is 0 Å². The van der Waals surface area contributed by atoms with Crippen LogP contribution < -0.4 is 0 Å². The van der Waals surface area contributed by atoms with Gasteiger partial charge in [0.05, 0.1) is 0 Å². The first-order valence-electron chi connectivity index (χ1n) is 4.83. The summed E-state index contributed by atoms with van der Waals surface area (Å²) in [5, 5.41) is 0. The van der Waals surface area contributed by atoms with Crippen molar-refractivity contribution in [3.8, 4) is 0 Å². The minimum absolute atomic E-state index is 0.543. The van der Waals surface area contributed by atoms with Gasteiger partial charge in [0.1, 0.15) is 0 Å². The van der Waals surface area contributed by atoms with E-state index in [2.05, 4.69) is 17.1 Å². The second kappa shape index (κ2) is 2.09. The van der Waals surface area contributed by atoms with Crippen LogP contribution in [0.15, 0.2) is 24.4 Å². The molecular weight excluding hydrogens is 146 g/mol. The Hall–Kier alpha value is -0.850. The maximum absolute atomic E-state index is 4.47. The maximum atomic E-state index is 4.47. The topological polar surface area (TPSA) is 12.9 Å². The summed E-state index contributed by atoms with van der Waals surface area (Å²) in [6.07, 6.45) is 7.58. The summed E-state index contributed by atoms with van der Waals surface area (Å²) in [5.74, 6) is 0.979.